The van der Waals surface area contributed by atoms with Gasteiger partial charge in [0.15, 0.2) is 4.96 Å². The molecule has 0 spiro atoms. The Morgan fingerprint density at radius 1 is 1.24 bits per heavy atom. The van der Waals surface area contributed by atoms with Gasteiger partial charge in [0.2, 0.25) is 0 Å². The van der Waals surface area contributed by atoms with Gasteiger partial charge < -0.3 is 10.1 Å². The average molecular weight is 426 g/mol. The van der Waals surface area contributed by atoms with E-state index >= 15 is 0 Å². The molecule has 0 radical (unpaired) electrons. The van der Waals surface area contributed by atoms with Crippen molar-refractivity contribution in [2.45, 2.75) is 13.5 Å². The highest BCUT2D eigenvalue weighted by molar-refractivity contribution is 7.15. The first-order valence-electron chi connectivity index (χ1n) is 8.76. The molecule has 29 heavy (non-hydrogen) atoms. The van der Waals surface area contributed by atoms with Gasteiger partial charge in [0.25, 0.3) is 11.5 Å². The summed E-state index contributed by atoms with van der Waals surface area (Å²) in [5.74, 6) is 0.177. The lowest BCUT2D eigenvalue weighted by atomic mass is 10.1. The van der Waals surface area contributed by atoms with Gasteiger partial charge in [-0.2, -0.15) is 0 Å². The average Bonchev–Trinajstić information content (AvgIpc) is 3.17. The minimum atomic E-state index is -0.258. The van der Waals surface area contributed by atoms with Crippen LogP contribution in [0.2, 0.25) is 5.02 Å². The van der Waals surface area contributed by atoms with Gasteiger partial charge >= 0.3 is 0 Å². The molecule has 0 saturated carbocycles. The Morgan fingerprint density at radius 3 is 2.90 bits per heavy atom. The normalized spacial score (nSPS) is 10.8. The van der Waals surface area contributed by atoms with E-state index in [-0.39, 0.29) is 18.1 Å². The van der Waals surface area contributed by atoms with Crippen LogP contribution in [0.15, 0.2) is 64.9 Å². The summed E-state index contributed by atoms with van der Waals surface area (Å²) in [6, 6.07) is 13.7. The summed E-state index contributed by atoms with van der Waals surface area (Å²) in [6.07, 6.45) is 1.68. The van der Waals surface area contributed by atoms with Gasteiger partial charge in [-0.3, -0.25) is 14.0 Å². The zero-order chi connectivity index (χ0) is 20.4. The summed E-state index contributed by atoms with van der Waals surface area (Å²) < 4.78 is 7.32. The van der Waals surface area contributed by atoms with E-state index in [1.165, 1.54) is 21.8 Å². The van der Waals surface area contributed by atoms with Gasteiger partial charge in [-0.15, -0.1) is 11.3 Å². The Morgan fingerprint density at radius 2 is 2.07 bits per heavy atom. The summed E-state index contributed by atoms with van der Waals surface area (Å²) in [5, 5.41) is 5.11. The molecule has 4 aromatic rings. The number of carbonyl (C=O) groups is 1. The third kappa shape index (κ3) is 4.16. The maximum atomic E-state index is 12.7. The first-order valence-corrected chi connectivity index (χ1v) is 10.0. The molecule has 6 nitrogen and oxygen atoms in total. The molecule has 2 aromatic carbocycles. The summed E-state index contributed by atoms with van der Waals surface area (Å²) in [5.41, 5.74) is 2.21. The largest absolute Gasteiger partial charge is 0.485 e. The number of nitrogens with zero attached hydrogens (tertiary/aromatic N) is 2. The number of carbonyl (C=O) groups excluding carboxylic acids is 1. The number of halogens is 1. The lowest BCUT2D eigenvalue weighted by Crippen LogP contribution is -2.15. The summed E-state index contributed by atoms with van der Waals surface area (Å²) in [7, 11) is 0. The molecule has 0 aliphatic rings. The van der Waals surface area contributed by atoms with Crippen LogP contribution in [0.3, 0.4) is 0 Å². The molecule has 0 unspecified atom stereocenters. The van der Waals surface area contributed by atoms with Crippen LogP contribution < -0.4 is 15.6 Å². The second-order valence-corrected chi connectivity index (χ2v) is 7.65. The van der Waals surface area contributed by atoms with E-state index in [4.69, 9.17) is 16.3 Å². The van der Waals surface area contributed by atoms with Crippen molar-refractivity contribution in [3.05, 3.63) is 92.3 Å². The number of benzene rings is 2. The topological polar surface area (TPSA) is 72.7 Å². The second kappa shape index (κ2) is 8.06. The monoisotopic (exact) mass is 425 g/mol. The standard InChI is InChI=1S/C21H16ClN3O3S/c1-13-4-2-3-5-16(13)20(27)24-17-10-14(22)6-7-18(17)28-12-15-11-19(26)25-8-9-29-21(25)23-15/h2-11H,12H2,1H3,(H,24,27). The molecule has 0 fully saturated rings. The molecular weight excluding hydrogens is 410 g/mol. The number of hydrogen-bond acceptors (Lipinski definition) is 5. The quantitative estimate of drug-likeness (QED) is 0.509. The number of hydrogen-bond donors (Lipinski definition) is 1. The van der Waals surface area contributed by atoms with Gasteiger partial charge in [-0.1, -0.05) is 29.8 Å². The molecule has 146 valence electrons. The van der Waals surface area contributed by atoms with Crippen molar-refractivity contribution >= 4 is 39.5 Å². The number of fused-ring (bicyclic) bond motifs is 1. The number of rotatable bonds is 5. The third-order valence-corrected chi connectivity index (χ3v) is 5.30. The Kier molecular flexibility index (Phi) is 5.33. The fourth-order valence-corrected chi connectivity index (χ4v) is 3.77. The summed E-state index contributed by atoms with van der Waals surface area (Å²) >= 11 is 7.48. The van der Waals surface area contributed by atoms with Crippen LogP contribution in [0.1, 0.15) is 21.6 Å². The number of nitrogens with one attached hydrogen (secondary N) is 1. The molecule has 1 N–H and O–H groups in total. The number of anilines is 1. The molecule has 2 heterocycles. The minimum Gasteiger partial charge on any atom is -0.485 e. The molecular formula is C21H16ClN3O3S. The molecule has 0 bridgehead atoms. The highest BCUT2D eigenvalue weighted by Crippen LogP contribution is 2.29. The predicted molar refractivity (Wildman–Crippen MR) is 114 cm³/mol. The number of thiazole rings is 1. The molecule has 0 saturated heterocycles. The number of ether oxygens (including phenoxy) is 1. The molecule has 4 rings (SSSR count). The van der Waals surface area contributed by atoms with E-state index in [0.29, 0.717) is 32.7 Å². The summed E-state index contributed by atoms with van der Waals surface area (Å²) in [6.45, 7) is 1.95. The van der Waals surface area contributed by atoms with Crippen molar-refractivity contribution in [2.75, 3.05) is 5.32 Å². The fraction of sp³-hybridized carbons (Fsp3) is 0.0952. The van der Waals surface area contributed by atoms with Crippen LogP contribution >= 0.6 is 22.9 Å². The zero-order valence-corrected chi connectivity index (χ0v) is 17.0. The number of aryl methyl sites for hydroxylation is 1. The Labute approximate surface area is 175 Å². The number of aromatic nitrogens is 2. The first kappa shape index (κ1) is 19.2. The van der Waals surface area contributed by atoms with Crippen LogP contribution in [0.5, 0.6) is 5.75 Å². The molecule has 8 heteroatoms. The minimum absolute atomic E-state index is 0.0819. The molecule has 0 aliphatic heterocycles. The van der Waals surface area contributed by atoms with Crippen molar-refractivity contribution in [2.24, 2.45) is 0 Å². The second-order valence-electron chi connectivity index (χ2n) is 6.34. The highest BCUT2D eigenvalue weighted by Gasteiger charge is 2.13. The van der Waals surface area contributed by atoms with Crippen LogP contribution in [-0.4, -0.2) is 15.3 Å². The van der Waals surface area contributed by atoms with Crippen molar-refractivity contribution < 1.29 is 9.53 Å². The zero-order valence-electron chi connectivity index (χ0n) is 15.4. The van der Waals surface area contributed by atoms with E-state index in [1.807, 2.05) is 25.1 Å². The fourth-order valence-electron chi connectivity index (χ4n) is 2.86. The van der Waals surface area contributed by atoms with Gasteiger partial charge in [-0.25, -0.2) is 4.98 Å². The Bertz CT molecular complexity index is 1270. The molecule has 0 aliphatic carbocycles. The Balaban J connectivity index is 1.57. The van der Waals surface area contributed by atoms with Gasteiger partial charge in [-0.05, 0) is 36.8 Å². The van der Waals surface area contributed by atoms with Crippen molar-refractivity contribution in [3.8, 4) is 5.75 Å². The smallest absolute Gasteiger partial charge is 0.258 e. The molecule has 1 amide bonds. The van der Waals surface area contributed by atoms with Crippen molar-refractivity contribution in [1.29, 1.82) is 0 Å². The maximum Gasteiger partial charge on any atom is 0.258 e. The number of amides is 1. The SMILES string of the molecule is Cc1ccccc1C(=O)Nc1cc(Cl)ccc1OCc1cc(=O)n2ccsc2n1. The third-order valence-electron chi connectivity index (χ3n) is 4.31. The van der Waals surface area contributed by atoms with Crippen LogP contribution in [0.4, 0.5) is 5.69 Å². The van der Waals surface area contributed by atoms with Crippen LogP contribution in [0, 0.1) is 6.92 Å². The molecule has 0 atom stereocenters. The van der Waals surface area contributed by atoms with E-state index in [0.717, 1.165) is 5.56 Å². The van der Waals surface area contributed by atoms with Crippen molar-refractivity contribution in [3.63, 3.8) is 0 Å². The Hall–Kier alpha value is -3.16. The van der Waals surface area contributed by atoms with E-state index < -0.39 is 0 Å². The highest BCUT2D eigenvalue weighted by atomic mass is 35.5. The first-order chi connectivity index (χ1) is 14.0. The lowest BCUT2D eigenvalue weighted by Gasteiger charge is -2.13. The van der Waals surface area contributed by atoms with Gasteiger partial charge in [0.1, 0.15) is 12.4 Å². The predicted octanol–water partition coefficient (Wildman–Crippen LogP) is 4.55. The van der Waals surface area contributed by atoms with Gasteiger partial charge in [0.05, 0.1) is 11.4 Å². The van der Waals surface area contributed by atoms with Gasteiger partial charge in [0, 0.05) is 28.2 Å². The van der Waals surface area contributed by atoms with E-state index in [1.54, 1.807) is 35.8 Å². The molecule has 2 aromatic heterocycles. The van der Waals surface area contributed by atoms with Crippen LogP contribution in [-0.2, 0) is 6.61 Å². The van der Waals surface area contributed by atoms with E-state index in [9.17, 15) is 9.59 Å². The lowest BCUT2D eigenvalue weighted by molar-refractivity contribution is 0.102. The summed E-state index contributed by atoms with van der Waals surface area (Å²) in [4.78, 5) is 29.8. The van der Waals surface area contributed by atoms with Crippen LogP contribution in [0.25, 0.3) is 4.96 Å². The van der Waals surface area contributed by atoms with E-state index in [2.05, 4.69) is 10.3 Å². The maximum absolute atomic E-state index is 12.7. The van der Waals surface area contributed by atoms with Crippen molar-refractivity contribution in [1.82, 2.24) is 9.38 Å².